The molecule has 0 saturated carbocycles. The van der Waals surface area contributed by atoms with Gasteiger partial charge in [-0.15, -0.1) is 0 Å². The van der Waals surface area contributed by atoms with Crippen molar-refractivity contribution in [2.45, 2.75) is 19.6 Å². The number of hydroxylamine groups is 2. The summed E-state index contributed by atoms with van der Waals surface area (Å²) in [5.41, 5.74) is 0. The number of hydrogen-bond acceptors (Lipinski definition) is 4. The first-order chi connectivity index (χ1) is 5.75. The summed E-state index contributed by atoms with van der Waals surface area (Å²) in [5, 5.41) is 11.9. The molecule has 0 aromatic heterocycles. The Bertz CT molecular complexity index is 227. The maximum absolute atomic E-state index is 11.0. The summed E-state index contributed by atoms with van der Waals surface area (Å²) in [4.78, 5) is 19.6. The molecular weight excluding hydrogens is 195 g/mol. The van der Waals surface area contributed by atoms with Gasteiger partial charge in [0.25, 0.3) is 0 Å². The largest absolute Gasteiger partial charge is 0.343 e. The van der Waals surface area contributed by atoms with E-state index in [1.165, 1.54) is 20.5 Å². The highest BCUT2D eigenvalue weighted by Crippen LogP contribution is 2.39. The van der Waals surface area contributed by atoms with Crippen LogP contribution in [0.2, 0.25) is 0 Å². The van der Waals surface area contributed by atoms with Crippen LogP contribution in [0.25, 0.3) is 0 Å². The molecule has 0 heterocycles. The van der Waals surface area contributed by atoms with E-state index in [1.54, 1.807) is 0 Å². The van der Waals surface area contributed by atoms with Gasteiger partial charge in [-0.05, 0) is 6.92 Å². The molecular formula is C6H15N2O4P. The predicted molar refractivity (Wildman–Crippen MR) is 47.5 cm³/mol. The second kappa shape index (κ2) is 4.72. The van der Waals surface area contributed by atoms with E-state index in [9.17, 15) is 9.36 Å². The van der Waals surface area contributed by atoms with E-state index < -0.39 is 19.1 Å². The highest BCUT2D eigenvalue weighted by atomic mass is 31.2. The van der Waals surface area contributed by atoms with Crippen molar-refractivity contribution in [3.8, 4) is 0 Å². The van der Waals surface area contributed by atoms with Crippen LogP contribution in [0.15, 0.2) is 0 Å². The van der Waals surface area contributed by atoms with Gasteiger partial charge >= 0.3 is 0 Å². The lowest BCUT2D eigenvalue weighted by Crippen LogP contribution is -2.39. The summed E-state index contributed by atoms with van der Waals surface area (Å²) in [7, 11) is -3.20. The fourth-order valence-electron chi connectivity index (χ4n) is 0.499. The third-order valence-corrected chi connectivity index (χ3v) is 3.24. The Labute approximate surface area is 77.0 Å². The van der Waals surface area contributed by atoms with Gasteiger partial charge < -0.3 is 4.89 Å². The van der Waals surface area contributed by atoms with Crippen molar-refractivity contribution >= 4 is 13.3 Å². The van der Waals surface area contributed by atoms with Gasteiger partial charge in [-0.25, -0.2) is 5.06 Å². The Morgan fingerprint density at radius 1 is 1.69 bits per heavy atom. The zero-order valence-electron chi connectivity index (χ0n) is 7.89. The second-order valence-corrected chi connectivity index (χ2v) is 5.56. The number of carbonyl (C=O) groups excluding carboxylic acids is 1. The zero-order chi connectivity index (χ0) is 10.6. The first-order valence-corrected chi connectivity index (χ1v) is 5.93. The molecule has 0 fully saturated rings. The number of carbonyl (C=O) groups is 1. The second-order valence-electron chi connectivity index (χ2n) is 2.90. The molecule has 0 aliphatic rings. The van der Waals surface area contributed by atoms with Crippen LogP contribution in [0.4, 0.5) is 0 Å². The molecule has 0 aliphatic carbocycles. The Kier molecular flexibility index (Phi) is 4.56. The Balaban J connectivity index is 3.91. The summed E-state index contributed by atoms with van der Waals surface area (Å²) in [6, 6.07) is 0. The van der Waals surface area contributed by atoms with Crippen LogP contribution in [0, 0.1) is 0 Å². The van der Waals surface area contributed by atoms with Gasteiger partial charge in [-0.3, -0.25) is 19.9 Å². The molecule has 2 atom stereocenters. The first-order valence-electron chi connectivity index (χ1n) is 3.75. The number of amides is 1. The predicted octanol–water partition coefficient (Wildman–Crippen LogP) is 0.0174. The van der Waals surface area contributed by atoms with Gasteiger partial charge in [0.05, 0.1) is 12.5 Å². The molecule has 2 unspecified atom stereocenters. The number of nitrogens with zero attached hydrogens (tertiary/aromatic N) is 1. The Morgan fingerprint density at radius 3 is 2.46 bits per heavy atom. The monoisotopic (exact) mass is 210 g/mol. The van der Waals surface area contributed by atoms with E-state index in [0.717, 1.165) is 0 Å². The lowest BCUT2D eigenvalue weighted by Gasteiger charge is -2.20. The summed E-state index contributed by atoms with van der Waals surface area (Å²) in [6.45, 7) is 3.75. The molecule has 0 radical (unpaired) electrons. The molecule has 0 spiro atoms. The molecule has 0 saturated heterocycles. The van der Waals surface area contributed by atoms with Crippen molar-refractivity contribution in [1.82, 2.24) is 10.4 Å². The molecule has 0 aliphatic heterocycles. The number of hydrogen-bond donors (Lipinski definition) is 3. The molecule has 3 N–H and O–H groups in total. The SMILES string of the molecule is CC(=O)N(O)CNC(C)P(C)(=O)O. The van der Waals surface area contributed by atoms with Gasteiger partial charge in [0.1, 0.15) is 0 Å². The third-order valence-electron chi connectivity index (χ3n) is 1.62. The van der Waals surface area contributed by atoms with Crippen LogP contribution in [0.1, 0.15) is 13.8 Å². The van der Waals surface area contributed by atoms with Crippen LogP contribution >= 0.6 is 7.37 Å². The summed E-state index contributed by atoms with van der Waals surface area (Å²) in [6.07, 6.45) is 0. The average Bonchev–Trinajstić information content (AvgIpc) is 1.97. The van der Waals surface area contributed by atoms with E-state index in [-0.39, 0.29) is 6.67 Å². The van der Waals surface area contributed by atoms with Gasteiger partial charge in [-0.1, -0.05) is 0 Å². The van der Waals surface area contributed by atoms with E-state index in [1.807, 2.05) is 0 Å². The van der Waals surface area contributed by atoms with Crippen molar-refractivity contribution in [3.05, 3.63) is 0 Å². The van der Waals surface area contributed by atoms with Crippen molar-refractivity contribution < 1.29 is 19.5 Å². The third kappa shape index (κ3) is 5.00. The summed E-state index contributed by atoms with van der Waals surface area (Å²) >= 11 is 0. The standard InChI is InChI=1S/C6H15N2O4P/c1-5(13(3,11)12)7-4-8(10)6(2)9/h5,7,10H,4H2,1-3H3,(H,11,12). The minimum Gasteiger partial charge on any atom is -0.343 e. The van der Waals surface area contributed by atoms with Crippen LogP contribution in [-0.4, -0.2) is 40.2 Å². The van der Waals surface area contributed by atoms with Gasteiger partial charge in [0.2, 0.25) is 13.3 Å². The molecule has 0 aromatic rings. The molecule has 7 heteroatoms. The quantitative estimate of drug-likeness (QED) is 0.263. The van der Waals surface area contributed by atoms with Crippen LogP contribution in [-0.2, 0) is 9.36 Å². The normalized spacial score (nSPS) is 17.6. The average molecular weight is 210 g/mol. The number of nitrogens with one attached hydrogen (secondary N) is 1. The van der Waals surface area contributed by atoms with Crippen LogP contribution < -0.4 is 5.32 Å². The minimum absolute atomic E-state index is 0.158. The first kappa shape index (κ1) is 12.6. The maximum atomic E-state index is 11.0. The molecule has 0 rings (SSSR count). The number of rotatable bonds is 4. The summed E-state index contributed by atoms with van der Waals surface area (Å²) in [5.74, 6) is -1.18. The zero-order valence-corrected chi connectivity index (χ0v) is 8.78. The van der Waals surface area contributed by atoms with Crippen molar-refractivity contribution in [3.63, 3.8) is 0 Å². The molecule has 78 valence electrons. The Morgan fingerprint density at radius 2 is 2.15 bits per heavy atom. The highest BCUT2D eigenvalue weighted by molar-refractivity contribution is 7.57. The topological polar surface area (TPSA) is 89.9 Å². The van der Waals surface area contributed by atoms with Crippen molar-refractivity contribution in [2.24, 2.45) is 0 Å². The van der Waals surface area contributed by atoms with Gasteiger partial charge in [-0.2, -0.15) is 0 Å². The van der Waals surface area contributed by atoms with Crippen LogP contribution in [0.3, 0.4) is 0 Å². The van der Waals surface area contributed by atoms with Crippen molar-refractivity contribution in [2.75, 3.05) is 13.3 Å². The van der Waals surface area contributed by atoms with E-state index in [4.69, 9.17) is 10.1 Å². The minimum atomic E-state index is -3.20. The van der Waals surface area contributed by atoms with Gasteiger partial charge in [0, 0.05) is 13.6 Å². The molecule has 0 aromatic carbocycles. The molecule has 13 heavy (non-hydrogen) atoms. The maximum Gasteiger partial charge on any atom is 0.244 e. The lowest BCUT2D eigenvalue weighted by atomic mass is 10.6. The van der Waals surface area contributed by atoms with E-state index >= 15 is 0 Å². The van der Waals surface area contributed by atoms with Crippen LogP contribution in [0.5, 0.6) is 0 Å². The fraction of sp³-hybridized carbons (Fsp3) is 0.833. The van der Waals surface area contributed by atoms with Gasteiger partial charge in [0.15, 0.2) is 0 Å². The smallest absolute Gasteiger partial charge is 0.244 e. The molecule has 1 amide bonds. The Hall–Kier alpha value is -0.420. The summed E-state index contributed by atoms with van der Waals surface area (Å²) < 4.78 is 11.0. The molecule has 0 bridgehead atoms. The lowest BCUT2D eigenvalue weighted by molar-refractivity contribution is -0.164. The van der Waals surface area contributed by atoms with E-state index in [2.05, 4.69) is 5.32 Å². The highest BCUT2D eigenvalue weighted by Gasteiger charge is 2.20. The molecule has 6 nitrogen and oxygen atoms in total. The van der Waals surface area contributed by atoms with Crippen molar-refractivity contribution in [1.29, 1.82) is 0 Å². The fourth-order valence-corrected chi connectivity index (χ4v) is 0.920. The van der Waals surface area contributed by atoms with E-state index in [0.29, 0.717) is 5.06 Å².